The molecule has 11 atom stereocenters. The van der Waals surface area contributed by atoms with Crippen molar-refractivity contribution in [1.29, 1.82) is 0 Å². The molecule has 116 heavy (non-hydrogen) atoms. The SMILES string of the molecule is CC(=O)N[C@H](Cc1ccc2ccccc2c1)C(=O)N[C@H](Cc1ccc(Cl)cc1)C(=O)N[C@H](Cc1cccnc1)C(=O)N[C@@H](C)C(=O)N[C@@H](Cc1ccc(NC(=O)C2CC(=O)NC(=O)N2)cc1)C(=O)N[C@H](Cc1ccc(NC(N)=O)cc1)C(=O)N[C@@H](CC(C)C)C(=O)N[C@@H](CCCCNC(C)C)C(=O)N1CCC[C@H]1C(=O)N[C@H](C)C(N)=O. The number of halogens is 1. The van der Waals surface area contributed by atoms with E-state index in [1.54, 1.807) is 62.4 Å². The van der Waals surface area contributed by atoms with Gasteiger partial charge >= 0.3 is 12.1 Å². The first-order valence-corrected chi connectivity index (χ1v) is 38.9. The van der Waals surface area contributed by atoms with E-state index in [9.17, 15) is 62.3 Å². The van der Waals surface area contributed by atoms with Crippen LogP contribution in [0.5, 0.6) is 0 Å². The second-order valence-corrected chi connectivity index (χ2v) is 30.2. The monoisotopic (exact) mass is 1610 g/mol. The Hall–Kier alpha value is -12.4. The fourth-order valence-corrected chi connectivity index (χ4v) is 13.4. The van der Waals surface area contributed by atoms with E-state index in [-0.39, 0.29) is 87.7 Å². The molecular formula is C82H103ClN18O15. The summed E-state index contributed by atoms with van der Waals surface area (Å²) in [4.78, 5) is 213. The molecule has 6 aromatic rings. The number of amides is 17. The van der Waals surface area contributed by atoms with Gasteiger partial charge in [0.25, 0.3) is 0 Å². The molecule has 8 rings (SSSR count). The summed E-state index contributed by atoms with van der Waals surface area (Å²) in [5, 5.41) is 39.8. The van der Waals surface area contributed by atoms with Crippen LogP contribution in [0.15, 0.2) is 140 Å². The number of hydrogen-bond donors (Lipinski definition) is 16. The molecule has 1 aromatic heterocycles. The quantitative estimate of drug-likeness (QED) is 0.0246. The molecule has 2 fully saturated rings. The lowest BCUT2D eigenvalue weighted by Gasteiger charge is -2.31. The third-order valence-corrected chi connectivity index (χ3v) is 19.6. The summed E-state index contributed by atoms with van der Waals surface area (Å²) in [7, 11) is 0. The van der Waals surface area contributed by atoms with Crippen LogP contribution in [-0.4, -0.2) is 184 Å². The highest BCUT2D eigenvalue weighted by Gasteiger charge is 2.41. The summed E-state index contributed by atoms with van der Waals surface area (Å²) < 4.78 is 0. The number of anilines is 2. The van der Waals surface area contributed by atoms with Gasteiger partial charge in [-0.25, -0.2) is 9.59 Å². The maximum atomic E-state index is 15.4. The predicted octanol–water partition coefficient (Wildman–Crippen LogP) is 2.54. The zero-order chi connectivity index (χ0) is 84.3. The molecule has 2 saturated heterocycles. The minimum Gasteiger partial charge on any atom is -0.368 e. The predicted molar refractivity (Wildman–Crippen MR) is 433 cm³/mol. The molecule has 3 heterocycles. The molecule has 0 spiro atoms. The molecule has 2 aliphatic rings. The Morgan fingerprint density at radius 1 is 0.517 bits per heavy atom. The molecule has 0 saturated carbocycles. The largest absolute Gasteiger partial charge is 0.368 e. The van der Waals surface area contributed by atoms with E-state index in [1.807, 2.05) is 56.3 Å². The van der Waals surface area contributed by atoms with E-state index in [1.165, 1.54) is 74.5 Å². The number of primary amides is 2. The van der Waals surface area contributed by atoms with Crippen LogP contribution in [0.4, 0.5) is 21.0 Å². The number of fused-ring (bicyclic) bond motifs is 1. The first-order chi connectivity index (χ1) is 55.2. The number of pyridine rings is 1. The van der Waals surface area contributed by atoms with Crippen molar-refractivity contribution >= 4 is 123 Å². The highest BCUT2D eigenvalue weighted by molar-refractivity contribution is 6.30. The molecule has 2 aliphatic heterocycles. The van der Waals surface area contributed by atoms with Gasteiger partial charge < -0.3 is 85.5 Å². The molecule has 0 radical (unpaired) electrons. The van der Waals surface area contributed by atoms with Gasteiger partial charge in [0.2, 0.25) is 76.8 Å². The van der Waals surface area contributed by atoms with Gasteiger partial charge in [0, 0.05) is 80.4 Å². The van der Waals surface area contributed by atoms with E-state index in [0.29, 0.717) is 58.6 Å². The highest BCUT2D eigenvalue weighted by Crippen LogP contribution is 2.24. The molecule has 34 heteroatoms. The average molecular weight is 1620 g/mol. The van der Waals surface area contributed by atoms with Crippen LogP contribution in [-0.2, 0) is 94.4 Å². The summed E-state index contributed by atoms with van der Waals surface area (Å²) in [6, 6.07) is 18.7. The number of nitrogens with one attached hydrogen (secondary N) is 14. The Kier molecular flexibility index (Phi) is 33.2. The number of urea groups is 2. The van der Waals surface area contributed by atoms with E-state index < -0.39 is 155 Å². The number of benzene rings is 5. The summed E-state index contributed by atoms with van der Waals surface area (Å²) in [5.74, 6) is -10.3. The van der Waals surface area contributed by atoms with E-state index in [4.69, 9.17) is 23.1 Å². The number of imide groups is 1. The number of unbranched alkanes of at least 4 members (excludes halogenated alkanes) is 1. The molecule has 33 nitrogen and oxygen atoms in total. The molecule has 0 bridgehead atoms. The smallest absolute Gasteiger partial charge is 0.322 e. The molecule has 5 aromatic carbocycles. The van der Waals surface area contributed by atoms with Gasteiger partial charge in [-0.2, -0.15) is 0 Å². The number of nitrogens with zero attached hydrogens (tertiary/aromatic N) is 2. The third-order valence-electron chi connectivity index (χ3n) is 19.4. The zero-order valence-corrected chi connectivity index (χ0v) is 66.5. The lowest BCUT2D eigenvalue weighted by atomic mass is 9.99. The van der Waals surface area contributed by atoms with Crippen molar-refractivity contribution in [3.63, 3.8) is 0 Å². The zero-order valence-electron chi connectivity index (χ0n) is 65.7. The summed E-state index contributed by atoms with van der Waals surface area (Å²) in [6.45, 7) is 12.3. The van der Waals surface area contributed by atoms with Crippen molar-refractivity contribution in [2.24, 2.45) is 17.4 Å². The van der Waals surface area contributed by atoms with Crippen molar-refractivity contribution in [3.8, 4) is 0 Å². The molecule has 0 aliphatic carbocycles. The van der Waals surface area contributed by atoms with Gasteiger partial charge in [-0.15, -0.1) is 0 Å². The Morgan fingerprint density at radius 2 is 1.02 bits per heavy atom. The van der Waals surface area contributed by atoms with Crippen LogP contribution >= 0.6 is 11.6 Å². The lowest BCUT2D eigenvalue weighted by Crippen LogP contribution is -2.61. The van der Waals surface area contributed by atoms with Gasteiger partial charge in [-0.05, 0) is 146 Å². The maximum Gasteiger partial charge on any atom is 0.322 e. The maximum absolute atomic E-state index is 15.4. The van der Waals surface area contributed by atoms with Crippen LogP contribution in [0.1, 0.15) is 121 Å². The van der Waals surface area contributed by atoms with Crippen LogP contribution in [0, 0.1) is 5.92 Å². The molecule has 618 valence electrons. The van der Waals surface area contributed by atoms with E-state index in [0.717, 1.165) is 10.8 Å². The van der Waals surface area contributed by atoms with E-state index in [2.05, 4.69) is 79.4 Å². The minimum atomic E-state index is -1.64. The van der Waals surface area contributed by atoms with Gasteiger partial charge in [0.1, 0.15) is 66.5 Å². The fraction of sp³-hybridized carbons (Fsp3) is 0.415. The normalized spacial score (nSPS) is 16.2. The Bertz CT molecular complexity index is 4500. The first-order valence-electron chi connectivity index (χ1n) is 38.5. The average Bonchev–Trinajstić information content (AvgIpc) is 1.78. The Morgan fingerprint density at radius 3 is 1.55 bits per heavy atom. The van der Waals surface area contributed by atoms with Gasteiger partial charge in [-0.1, -0.05) is 124 Å². The molecular weight excluding hydrogens is 1510 g/mol. The highest BCUT2D eigenvalue weighted by atomic mass is 35.5. The van der Waals surface area contributed by atoms with Gasteiger partial charge in [-0.3, -0.25) is 72.6 Å². The number of hydrogen-bond acceptors (Lipinski definition) is 17. The van der Waals surface area contributed by atoms with Crippen molar-refractivity contribution in [2.75, 3.05) is 23.7 Å². The lowest BCUT2D eigenvalue weighted by molar-refractivity contribution is -0.142. The summed E-state index contributed by atoms with van der Waals surface area (Å²) in [5.41, 5.74) is 13.8. The molecule has 1 unspecified atom stereocenters. The second kappa shape index (κ2) is 43.2. The van der Waals surface area contributed by atoms with Crippen molar-refractivity contribution < 1.29 is 71.9 Å². The van der Waals surface area contributed by atoms with Gasteiger partial charge in [0.05, 0.1) is 6.42 Å². The molecule has 17 amide bonds. The number of likely N-dealkylation sites (tertiary alicyclic amines) is 1. The fourth-order valence-electron chi connectivity index (χ4n) is 13.3. The Balaban J connectivity index is 1.08. The van der Waals surface area contributed by atoms with Gasteiger partial charge in [0.15, 0.2) is 0 Å². The summed E-state index contributed by atoms with van der Waals surface area (Å²) in [6.07, 6.45) is 3.47. The van der Waals surface area contributed by atoms with Crippen LogP contribution in [0.25, 0.3) is 10.8 Å². The molecule has 18 N–H and O–H groups in total. The second-order valence-electron chi connectivity index (χ2n) is 29.7. The van der Waals surface area contributed by atoms with Crippen molar-refractivity contribution in [1.82, 2.24) is 73.7 Å². The van der Waals surface area contributed by atoms with Crippen LogP contribution < -0.4 is 85.9 Å². The number of nitrogens with two attached hydrogens (primary N) is 2. The van der Waals surface area contributed by atoms with E-state index >= 15 is 9.59 Å². The Labute approximate surface area is 676 Å². The van der Waals surface area contributed by atoms with Crippen LogP contribution in [0.2, 0.25) is 5.02 Å². The third kappa shape index (κ3) is 28.0. The van der Waals surface area contributed by atoms with Crippen LogP contribution in [0.3, 0.4) is 0 Å². The number of rotatable bonds is 40. The topological polar surface area (TPSA) is 493 Å². The number of carbonyl (C=O) groups excluding carboxylic acids is 15. The first kappa shape index (κ1) is 89.2. The number of aromatic nitrogens is 1. The number of carbonyl (C=O) groups is 15. The standard InChI is InChI=1S/C82H103ClN18O15/c1-45(2)36-61(74(108)93-60(17-10-11-34-87-46(3)4)80(114)101-35-13-18-68(101)79(113)88-47(5)70(84)104)95-77(111)65(40-52-24-31-59(32-25-52)92-81(85)115)97-76(110)63(39-51-22-29-58(30-23-51)91-73(107)67-43-69(103)100-82(116)99-67)94-71(105)48(6)89-72(106)66(42-54-14-12-33-86-44-54)98-78(112)64(38-50-20-27-57(83)28-21-50)96-75(109)62(90-49(7)102)41-53-19-26-55-15-8-9-16-56(55)37-53/h8-9,12,14-16,19-33,37,44-48,60-68,87H,10-11,13,17-18,34-36,38-43H2,1-7H3,(H2,84,104)(H,88,113)(H,89,106)(H,90,102)(H,91,107)(H,93,108)(H,94,105)(H,95,111)(H,96,109)(H,97,110)(H,98,112)(H3,85,92,115)(H2,99,100,103,116)/t47-,48+,60+,61+,62-,63+,64-,65-,66-,67?,68+/m1/s1. The van der Waals surface area contributed by atoms with Crippen molar-refractivity contribution in [3.05, 3.63) is 173 Å². The summed E-state index contributed by atoms with van der Waals surface area (Å²) >= 11 is 6.27. The van der Waals surface area contributed by atoms with Crippen molar-refractivity contribution in [2.45, 2.75) is 198 Å². The minimum absolute atomic E-state index is 0.00490.